The lowest BCUT2D eigenvalue weighted by Crippen LogP contribution is -2.36. The van der Waals surface area contributed by atoms with E-state index in [-0.39, 0.29) is 11.2 Å². The third-order valence-electron chi connectivity index (χ3n) is 5.48. The summed E-state index contributed by atoms with van der Waals surface area (Å²) in [5.74, 6) is 0. The second-order valence-electron chi connectivity index (χ2n) is 7.54. The van der Waals surface area contributed by atoms with Gasteiger partial charge in [-0.3, -0.25) is 13.9 Å². The van der Waals surface area contributed by atoms with Gasteiger partial charge >= 0.3 is 5.69 Å². The van der Waals surface area contributed by atoms with Crippen LogP contribution in [0.15, 0.2) is 64.3 Å². The van der Waals surface area contributed by atoms with Gasteiger partial charge in [0, 0.05) is 51.3 Å². The Bertz CT molecular complexity index is 1340. The van der Waals surface area contributed by atoms with Crippen molar-refractivity contribution in [2.75, 3.05) is 19.0 Å². The van der Waals surface area contributed by atoms with Gasteiger partial charge < -0.3 is 9.47 Å². The molecule has 0 aliphatic carbocycles. The van der Waals surface area contributed by atoms with Gasteiger partial charge in [-0.1, -0.05) is 24.3 Å². The highest BCUT2D eigenvalue weighted by Crippen LogP contribution is 2.33. The van der Waals surface area contributed by atoms with Crippen LogP contribution in [0.5, 0.6) is 0 Å². The number of rotatable bonds is 3. The monoisotopic (exact) mass is 388 g/mol. The van der Waals surface area contributed by atoms with E-state index in [4.69, 9.17) is 0 Å². The highest BCUT2D eigenvalue weighted by Gasteiger charge is 2.21. The van der Waals surface area contributed by atoms with Crippen molar-refractivity contribution in [1.82, 2.24) is 13.7 Å². The maximum absolute atomic E-state index is 13.1. The molecule has 2 heterocycles. The molecule has 4 aromatic rings. The molecule has 0 fully saturated rings. The summed E-state index contributed by atoms with van der Waals surface area (Å²) in [4.78, 5) is 27.7. The van der Waals surface area contributed by atoms with Crippen molar-refractivity contribution in [3.8, 4) is 16.9 Å². The number of aryl methyl sites for hydroxylation is 2. The lowest BCUT2D eigenvalue weighted by molar-refractivity contribution is 0.714. The molecule has 0 saturated carbocycles. The smallest absolute Gasteiger partial charge is 0.330 e. The van der Waals surface area contributed by atoms with Gasteiger partial charge in [-0.15, -0.1) is 0 Å². The van der Waals surface area contributed by atoms with Crippen LogP contribution < -0.4 is 16.1 Å². The van der Waals surface area contributed by atoms with E-state index in [0.29, 0.717) is 10.9 Å². The van der Waals surface area contributed by atoms with Gasteiger partial charge in [0.1, 0.15) is 0 Å². The quantitative estimate of drug-likeness (QED) is 0.542. The minimum absolute atomic E-state index is 0.287. The van der Waals surface area contributed by atoms with E-state index in [1.165, 1.54) is 16.2 Å². The Hall–Kier alpha value is -3.54. The number of aromatic nitrogens is 3. The zero-order valence-electron chi connectivity index (χ0n) is 17.3. The minimum atomic E-state index is -0.334. The average molecular weight is 388 g/mol. The van der Waals surface area contributed by atoms with E-state index in [0.717, 1.165) is 28.2 Å². The number of anilines is 1. The zero-order valence-corrected chi connectivity index (χ0v) is 17.3. The Balaban J connectivity index is 2.15. The summed E-state index contributed by atoms with van der Waals surface area (Å²) in [6.07, 6.45) is 1.88. The topological polar surface area (TPSA) is 52.2 Å². The lowest BCUT2D eigenvalue weighted by atomic mass is 10.0. The Kier molecular flexibility index (Phi) is 4.42. The van der Waals surface area contributed by atoms with E-state index in [1.807, 2.05) is 85.2 Å². The van der Waals surface area contributed by atoms with Crippen LogP contribution in [0.4, 0.5) is 5.69 Å². The van der Waals surface area contributed by atoms with Gasteiger partial charge in [0.25, 0.3) is 5.56 Å². The Morgan fingerprint density at radius 3 is 2.14 bits per heavy atom. The van der Waals surface area contributed by atoms with Crippen molar-refractivity contribution in [3.05, 3.63) is 81.1 Å². The molecule has 0 amide bonds. The van der Waals surface area contributed by atoms with Crippen LogP contribution in [0.1, 0.15) is 5.56 Å². The van der Waals surface area contributed by atoms with Crippen LogP contribution in [0.3, 0.4) is 0 Å². The summed E-state index contributed by atoms with van der Waals surface area (Å²) in [6, 6.07) is 16.1. The van der Waals surface area contributed by atoms with Crippen molar-refractivity contribution in [3.63, 3.8) is 0 Å². The molecule has 2 aromatic carbocycles. The molecule has 4 rings (SSSR count). The standard InChI is InChI=1S/C23H24N4O2/c1-15-8-6-7-9-18(15)21-20-19(25(4)23(29)26(5)22(20)28)14-27(21)17-12-10-16(11-13-17)24(2)3/h6-14H,1-5H3. The van der Waals surface area contributed by atoms with E-state index in [9.17, 15) is 9.59 Å². The minimum Gasteiger partial charge on any atom is -0.378 e. The first-order valence-electron chi connectivity index (χ1n) is 9.46. The summed E-state index contributed by atoms with van der Waals surface area (Å²) in [5, 5.41) is 0.542. The van der Waals surface area contributed by atoms with Crippen LogP contribution in [-0.4, -0.2) is 27.8 Å². The maximum atomic E-state index is 13.1. The molecule has 0 spiro atoms. The van der Waals surface area contributed by atoms with Crippen molar-refractivity contribution < 1.29 is 0 Å². The predicted octanol–water partition coefficient (Wildman–Crippen LogP) is 3.07. The number of benzene rings is 2. The van der Waals surface area contributed by atoms with Crippen molar-refractivity contribution in [2.45, 2.75) is 6.92 Å². The second kappa shape index (κ2) is 6.81. The molecule has 0 saturated heterocycles. The fraction of sp³-hybridized carbons (Fsp3) is 0.217. The van der Waals surface area contributed by atoms with Crippen LogP contribution in [0.2, 0.25) is 0 Å². The van der Waals surface area contributed by atoms with Crippen LogP contribution in [0, 0.1) is 6.92 Å². The van der Waals surface area contributed by atoms with Gasteiger partial charge in [-0.05, 0) is 36.8 Å². The predicted molar refractivity (Wildman–Crippen MR) is 118 cm³/mol. The molecule has 0 radical (unpaired) electrons. The van der Waals surface area contributed by atoms with E-state index in [2.05, 4.69) is 0 Å². The van der Waals surface area contributed by atoms with Crippen molar-refractivity contribution >= 4 is 16.6 Å². The molecule has 2 aromatic heterocycles. The maximum Gasteiger partial charge on any atom is 0.330 e. The first-order valence-corrected chi connectivity index (χ1v) is 9.46. The van der Waals surface area contributed by atoms with E-state index >= 15 is 0 Å². The zero-order chi connectivity index (χ0) is 20.9. The summed E-state index contributed by atoms with van der Waals surface area (Å²) < 4.78 is 4.71. The summed E-state index contributed by atoms with van der Waals surface area (Å²) >= 11 is 0. The molecule has 0 N–H and O–H groups in total. The molecular weight excluding hydrogens is 364 g/mol. The van der Waals surface area contributed by atoms with Gasteiger partial charge in [0.05, 0.1) is 16.6 Å². The molecule has 0 atom stereocenters. The number of hydrogen-bond donors (Lipinski definition) is 0. The van der Waals surface area contributed by atoms with Crippen LogP contribution >= 0.6 is 0 Å². The number of hydrogen-bond acceptors (Lipinski definition) is 3. The molecule has 6 nitrogen and oxygen atoms in total. The second-order valence-corrected chi connectivity index (χ2v) is 7.54. The summed E-state index contributed by atoms with van der Waals surface area (Å²) in [6.45, 7) is 2.03. The average Bonchev–Trinajstić information content (AvgIpc) is 3.11. The molecule has 148 valence electrons. The molecule has 6 heteroatoms. The van der Waals surface area contributed by atoms with Gasteiger partial charge in [-0.2, -0.15) is 0 Å². The van der Waals surface area contributed by atoms with Crippen molar-refractivity contribution in [2.24, 2.45) is 14.1 Å². The first kappa shape index (κ1) is 18.8. The fourth-order valence-electron chi connectivity index (χ4n) is 3.76. The SMILES string of the molecule is Cc1ccccc1-c1c2c(=O)n(C)c(=O)n(C)c2cn1-c1ccc(N(C)C)cc1. The highest BCUT2D eigenvalue weighted by molar-refractivity contribution is 5.95. The fourth-order valence-corrected chi connectivity index (χ4v) is 3.76. The van der Waals surface area contributed by atoms with Gasteiger partial charge in [-0.25, -0.2) is 4.79 Å². The molecular formula is C23H24N4O2. The normalized spacial score (nSPS) is 11.2. The first-order chi connectivity index (χ1) is 13.8. The van der Waals surface area contributed by atoms with Crippen molar-refractivity contribution in [1.29, 1.82) is 0 Å². The third kappa shape index (κ3) is 2.88. The van der Waals surface area contributed by atoms with Gasteiger partial charge in [0.15, 0.2) is 0 Å². The largest absolute Gasteiger partial charge is 0.378 e. The summed E-state index contributed by atoms with van der Waals surface area (Å²) in [7, 11) is 7.22. The number of fused-ring (bicyclic) bond motifs is 1. The van der Waals surface area contributed by atoms with Crippen LogP contribution in [0.25, 0.3) is 27.8 Å². The Labute approximate surface area is 168 Å². The molecule has 0 bridgehead atoms. The summed E-state index contributed by atoms with van der Waals surface area (Å²) in [5.41, 5.74) is 4.85. The van der Waals surface area contributed by atoms with Crippen LogP contribution in [-0.2, 0) is 14.1 Å². The van der Waals surface area contributed by atoms with E-state index < -0.39 is 0 Å². The Morgan fingerprint density at radius 1 is 0.862 bits per heavy atom. The Morgan fingerprint density at radius 2 is 1.52 bits per heavy atom. The lowest BCUT2D eigenvalue weighted by Gasteiger charge is -2.15. The molecule has 29 heavy (non-hydrogen) atoms. The highest BCUT2D eigenvalue weighted by atomic mass is 16.2. The molecule has 0 aliphatic rings. The molecule has 0 aliphatic heterocycles. The van der Waals surface area contributed by atoms with E-state index in [1.54, 1.807) is 7.05 Å². The van der Waals surface area contributed by atoms with Gasteiger partial charge in [0.2, 0.25) is 0 Å². The third-order valence-corrected chi connectivity index (χ3v) is 5.48. The number of nitrogens with zero attached hydrogens (tertiary/aromatic N) is 4. The molecule has 0 unspecified atom stereocenters.